The highest BCUT2D eigenvalue weighted by molar-refractivity contribution is 9.10. The van der Waals surface area contributed by atoms with E-state index in [0.717, 1.165) is 9.37 Å². The summed E-state index contributed by atoms with van der Waals surface area (Å²) in [5, 5.41) is 9.17. The van der Waals surface area contributed by atoms with Gasteiger partial charge in [0.1, 0.15) is 0 Å². The van der Waals surface area contributed by atoms with Crippen molar-refractivity contribution in [3.63, 3.8) is 0 Å². The van der Waals surface area contributed by atoms with Crippen LogP contribution in [-0.4, -0.2) is 40.7 Å². The summed E-state index contributed by atoms with van der Waals surface area (Å²) in [4.78, 5) is 26.1. The summed E-state index contributed by atoms with van der Waals surface area (Å²) in [5.74, 6) is -0.0626. The average Bonchev–Trinajstić information content (AvgIpc) is 2.85. The van der Waals surface area contributed by atoms with E-state index in [1.54, 1.807) is 23.6 Å². The highest BCUT2D eigenvalue weighted by Crippen LogP contribution is 2.30. The number of carbonyl (C=O) groups excluding carboxylic acids is 1. The summed E-state index contributed by atoms with van der Waals surface area (Å²) in [7, 11) is 0. The number of amides is 1. The number of carboxylic acid groups (broad SMARTS) is 1. The molecule has 1 atom stereocenters. The maximum absolute atomic E-state index is 12.1. The Balaban J connectivity index is 1.78. The van der Waals surface area contributed by atoms with Crippen molar-refractivity contribution in [3.05, 3.63) is 28.7 Å². The largest absolute Gasteiger partial charge is 0.481 e. The highest BCUT2D eigenvalue weighted by Gasteiger charge is 2.41. The Morgan fingerprint density at radius 3 is 2.62 bits per heavy atom. The van der Waals surface area contributed by atoms with Crippen LogP contribution in [0.1, 0.15) is 19.8 Å². The standard InChI is InChI=1S/C15H18BrNO3S/c1-15(14(19)20)7-8-17(10-15)13(18)6-9-21-12-4-2-11(16)3-5-12/h2-5H,6-10H2,1H3,(H,19,20). The minimum atomic E-state index is -0.818. The molecule has 1 amide bonds. The van der Waals surface area contributed by atoms with Gasteiger partial charge in [0.2, 0.25) is 5.91 Å². The molecule has 0 aromatic heterocycles. The third kappa shape index (κ3) is 4.23. The van der Waals surface area contributed by atoms with Crippen LogP contribution >= 0.6 is 27.7 Å². The second-order valence-electron chi connectivity index (χ2n) is 5.48. The second kappa shape index (κ2) is 6.83. The lowest BCUT2D eigenvalue weighted by Gasteiger charge is -2.20. The van der Waals surface area contributed by atoms with E-state index < -0.39 is 11.4 Å². The third-order valence-corrected chi connectivity index (χ3v) is 5.28. The number of halogens is 1. The molecule has 1 aliphatic rings. The second-order valence-corrected chi connectivity index (χ2v) is 7.57. The molecule has 6 heteroatoms. The predicted molar refractivity (Wildman–Crippen MR) is 86.4 cm³/mol. The van der Waals surface area contributed by atoms with E-state index in [1.807, 2.05) is 24.3 Å². The van der Waals surface area contributed by atoms with Crippen molar-refractivity contribution in [2.24, 2.45) is 5.41 Å². The molecule has 1 heterocycles. The number of aliphatic carboxylic acids is 1. The quantitative estimate of drug-likeness (QED) is 0.807. The van der Waals surface area contributed by atoms with Crippen molar-refractivity contribution in [2.75, 3.05) is 18.8 Å². The molecular formula is C15H18BrNO3S. The maximum atomic E-state index is 12.1. The van der Waals surface area contributed by atoms with Crippen LogP contribution in [0, 0.1) is 5.41 Å². The molecule has 1 N–H and O–H groups in total. The van der Waals surface area contributed by atoms with Crippen LogP contribution in [0.25, 0.3) is 0 Å². The first kappa shape index (κ1) is 16.4. The fraction of sp³-hybridized carbons (Fsp3) is 0.467. The molecule has 1 fully saturated rings. The Labute approximate surface area is 137 Å². The van der Waals surface area contributed by atoms with E-state index in [2.05, 4.69) is 15.9 Å². The van der Waals surface area contributed by atoms with E-state index in [4.69, 9.17) is 0 Å². The van der Waals surface area contributed by atoms with Gasteiger partial charge in [-0.1, -0.05) is 15.9 Å². The molecule has 1 aliphatic heterocycles. The van der Waals surface area contributed by atoms with Gasteiger partial charge in [-0.25, -0.2) is 0 Å². The van der Waals surface area contributed by atoms with Crippen molar-refractivity contribution in [2.45, 2.75) is 24.7 Å². The lowest BCUT2D eigenvalue weighted by atomic mass is 9.90. The summed E-state index contributed by atoms with van der Waals surface area (Å²) in [6.07, 6.45) is 0.977. The van der Waals surface area contributed by atoms with Gasteiger partial charge in [0, 0.05) is 34.6 Å². The lowest BCUT2D eigenvalue weighted by Crippen LogP contribution is -2.34. The number of nitrogens with zero attached hydrogens (tertiary/aromatic N) is 1. The summed E-state index contributed by atoms with van der Waals surface area (Å²) in [6.45, 7) is 2.58. The van der Waals surface area contributed by atoms with Crippen molar-refractivity contribution < 1.29 is 14.7 Å². The molecule has 1 aromatic carbocycles. The van der Waals surface area contributed by atoms with Gasteiger partial charge in [-0.15, -0.1) is 11.8 Å². The van der Waals surface area contributed by atoms with Crippen molar-refractivity contribution in [1.82, 2.24) is 4.90 Å². The number of carboxylic acids is 1. The van der Waals surface area contributed by atoms with Crippen molar-refractivity contribution in [3.8, 4) is 0 Å². The first-order valence-corrected chi connectivity index (χ1v) is 8.58. The van der Waals surface area contributed by atoms with E-state index in [-0.39, 0.29) is 5.91 Å². The molecule has 2 rings (SSSR count). The molecule has 1 saturated heterocycles. The van der Waals surface area contributed by atoms with Crippen LogP contribution in [0.5, 0.6) is 0 Å². The summed E-state index contributed by atoms with van der Waals surface area (Å²) >= 11 is 5.02. The van der Waals surface area contributed by atoms with Crippen LogP contribution in [0.15, 0.2) is 33.6 Å². The molecule has 0 spiro atoms. The normalized spacial score (nSPS) is 21.5. The summed E-state index contributed by atoms with van der Waals surface area (Å²) in [6, 6.07) is 7.97. The van der Waals surface area contributed by atoms with E-state index >= 15 is 0 Å². The van der Waals surface area contributed by atoms with Gasteiger partial charge in [-0.05, 0) is 37.6 Å². The molecule has 114 valence electrons. The van der Waals surface area contributed by atoms with Gasteiger partial charge in [-0.3, -0.25) is 9.59 Å². The van der Waals surface area contributed by atoms with E-state index in [0.29, 0.717) is 31.7 Å². The SMILES string of the molecule is CC1(C(=O)O)CCN(C(=O)CCSc2ccc(Br)cc2)C1. The first-order chi connectivity index (χ1) is 9.90. The monoisotopic (exact) mass is 371 g/mol. The van der Waals surface area contributed by atoms with Gasteiger partial charge in [0.15, 0.2) is 0 Å². The van der Waals surface area contributed by atoms with Gasteiger partial charge in [0.25, 0.3) is 0 Å². The van der Waals surface area contributed by atoms with Gasteiger partial charge < -0.3 is 10.0 Å². The maximum Gasteiger partial charge on any atom is 0.311 e. The molecule has 1 aromatic rings. The summed E-state index contributed by atoms with van der Waals surface area (Å²) in [5.41, 5.74) is -0.783. The fourth-order valence-electron chi connectivity index (χ4n) is 2.29. The van der Waals surface area contributed by atoms with Gasteiger partial charge in [0.05, 0.1) is 5.41 Å². The Hall–Kier alpha value is -1.01. The van der Waals surface area contributed by atoms with Crippen LogP contribution in [0.4, 0.5) is 0 Å². The third-order valence-electron chi connectivity index (χ3n) is 3.74. The number of hydrogen-bond acceptors (Lipinski definition) is 3. The molecule has 21 heavy (non-hydrogen) atoms. The minimum Gasteiger partial charge on any atom is -0.481 e. The van der Waals surface area contributed by atoms with Crippen LogP contribution in [0.3, 0.4) is 0 Å². The minimum absolute atomic E-state index is 0.0459. The molecule has 1 unspecified atom stereocenters. The molecule has 0 aliphatic carbocycles. The van der Waals surface area contributed by atoms with Crippen LogP contribution in [-0.2, 0) is 9.59 Å². The van der Waals surface area contributed by atoms with Gasteiger partial charge in [-0.2, -0.15) is 0 Å². The topological polar surface area (TPSA) is 57.6 Å². The Morgan fingerprint density at radius 1 is 1.38 bits per heavy atom. The zero-order valence-corrected chi connectivity index (χ0v) is 14.2. The Morgan fingerprint density at radius 2 is 2.05 bits per heavy atom. The zero-order valence-electron chi connectivity index (χ0n) is 11.8. The summed E-state index contributed by atoms with van der Waals surface area (Å²) < 4.78 is 1.04. The molecule has 0 saturated carbocycles. The number of likely N-dealkylation sites (tertiary alicyclic amines) is 1. The number of rotatable bonds is 5. The van der Waals surface area contributed by atoms with Crippen LogP contribution in [0.2, 0.25) is 0 Å². The lowest BCUT2D eigenvalue weighted by molar-refractivity contribution is -0.147. The Bertz CT molecular complexity index is 534. The molecular weight excluding hydrogens is 354 g/mol. The molecule has 4 nitrogen and oxygen atoms in total. The smallest absolute Gasteiger partial charge is 0.311 e. The van der Waals surface area contributed by atoms with E-state index in [1.165, 1.54) is 0 Å². The highest BCUT2D eigenvalue weighted by atomic mass is 79.9. The molecule has 0 bridgehead atoms. The number of benzene rings is 1. The zero-order chi connectivity index (χ0) is 15.5. The number of thioether (sulfide) groups is 1. The van der Waals surface area contributed by atoms with Crippen LogP contribution < -0.4 is 0 Å². The average molecular weight is 372 g/mol. The fourth-order valence-corrected chi connectivity index (χ4v) is 3.40. The van der Waals surface area contributed by atoms with E-state index in [9.17, 15) is 14.7 Å². The van der Waals surface area contributed by atoms with Gasteiger partial charge >= 0.3 is 5.97 Å². The number of carbonyl (C=O) groups is 2. The first-order valence-electron chi connectivity index (χ1n) is 6.80. The van der Waals surface area contributed by atoms with Crippen molar-refractivity contribution >= 4 is 39.6 Å². The number of hydrogen-bond donors (Lipinski definition) is 1. The molecule has 0 radical (unpaired) electrons. The van der Waals surface area contributed by atoms with Crippen molar-refractivity contribution in [1.29, 1.82) is 0 Å². The predicted octanol–water partition coefficient (Wildman–Crippen LogP) is 3.25. The Kier molecular flexibility index (Phi) is 5.32.